The molecule has 1 aliphatic rings. The third-order valence-corrected chi connectivity index (χ3v) is 6.20. The highest BCUT2D eigenvalue weighted by atomic mass is 35.5. The number of benzene rings is 2. The predicted molar refractivity (Wildman–Crippen MR) is 126 cm³/mol. The quantitative estimate of drug-likeness (QED) is 0.461. The summed E-state index contributed by atoms with van der Waals surface area (Å²) in [6, 6.07) is 10.2. The zero-order valence-corrected chi connectivity index (χ0v) is 18.6. The number of amides is 1. The van der Waals surface area contributed by atoms with Gasteiger partial charge in [-0.25, -0.2) is 4.39 Å². The van der Waals surface area contributed by atoms with Crippen LogP contribution in [0.25, 0.3) is 16.5 Å². The van der Waals surface area contributed by atoms with Crippen molar-refractivity contribution >= 4 is 39.7 Å². The maximum Gasteiger partial charge on any atom is 0.255 e. The Morgan fingerprint density at radius 2 is 2.13 bits per heavy atom. The highest BCUT2D eigenvalue weighted by Crippen LogP contribution is 2.31. The van der Waals surface area contributed by atoms with Gasteiger partial charge in [-0.1, -0.05) is 31.0 Å². The van der Waals surface area contributed by atoms with Crippen molar-refractivity contribution in [2.75, 3.05) is 18.4 Å². The molecule has 1 aliphatic heterocycles. The zero-order valence-electron chi connectivity index (χ0n) is 17.8. The third-order valence-electron chi connectivity index (χ3n) is 5.98. The molecule has 31 heavy (non-hydrogen) atoms. The Morgan fingerprint density at radius 3 is 2.84 bits per heavy atom. The van der Waals surface area contributed by atoms with Crippen LogP contribution in [0.4, 0.5) is 10.1 Å². The van der Waals surface area contributed by atoms with Gasteiger partial charge < -0.3 is 10.3 Å². The van der Waals surface area contributed by atoms with Crippen LogP contribution < -0.4 is 5.32 Å². The average molecular weight is 440 g/mol. The Labute approximate surface area is 187 Å². The van der Waals surface area contributed by atoms with Crippen LogP contribution in [-0.2, 0) is 0 Å². The molecule has 6 heteroatoms. The number of aromatic amines is 1. The number of halogens is 2. The van der Waals surface area contributed by atoms with E-state index < -0.39 is 11.7 Å². The Bertz CT molecular complexity index is 1120. The molecule has 1 aromatic heterocycles. The summed E-state index contributed by atoms with van der Waals surface area (Å²) in [6.07, 6.45) is 7.78. The van der Waals surface area contributed by atoms with Gasteiger partial charge in [-0.05, 0) is 61.7 Å². The summed E-state index contributed by atoms with van der Waals surface area (Å²) in [5.74, 6) is -0.928. The minimum atomic E-state index is -0.535. The van der Waals surface area contributed by atoms with Gasteiger partial charge in [0.2, 0.25) is 0 Å². The van der Waals surface area contributed by atoms with Gasteiger partial charge in [0.1, 0.15) is 5.82 Å². The summed E-state index contributed by atoms with van der Waals surface area (Å²) < 4.78 is 13.6. The highest BCUT2D eigenvalue weighted by Gasteiger charge is 2.19. The Kier molecular flexibility index (Phi) is 6.44. The van der Waals surface area contributed by atoms with Crippen LogP contribution in [-0.4, -0.2) is 34.9 Å². The molecule has 2 N–H and O–H groups in total. The number of aromatic nitrogens is 1. The molecular formula is C25H27ClFN3O. The maximum atomic E-state index is 13.6. The fourth-order valence-corrected chi connectivity index (χ4v) is 4.50. The van der Waals surface area contributed by atoms with E-state index in [4.69, 9.17) is 11.6 Å². The Hall–Kier alpha value is -2.63. The van der Waals surface area contributed by atoms with Crippen LogP contribution in [0.3, 0.4) is 0 Å². The summed E-state index contributed by atoms with van der Waals surface area (Å²) in [6.45, 7) is 6.54. The fourth-order valence-electron chi connectivity index (χ4n) is 4.28. The van der Waals surface area contributed by atoms with E-state index in [-0.39, 0.29) is 10.6 Å². The molecule has 4 rings (SSSR count). The van der Waals surface area contributed by atoms with E-state index in [1.165, 1.54) is 42.2 Å². The minimum Gasteiger partial charge on any atom is -0.361 e. The summed E-state index contributed by atoms with van der Waals surface area (Å²) in [4.78, 5) is 18.4. The van der Waals surface area contributed by atoms with Crippen molar-refractivity contribution in [1.29, 1.82) is 0 Å². The fraction of sp³-hybridized carbons (Fsp3) is 0.320. The number of anilines is 1. The average Bonchev–Trinajstić information content (AvgIpc) is 3.16. The number of H-pyrrole nitrogens is 1. The molecule has 1 amide bonds. The first-order valence-corrected chi connectivity index (χ1v) is 11.1. The molecule has 3 aromatic rings. The first kappa shape index (κ1) is 21.6. The van der Waals surface area contributed by atoms with E-state index in [9.17, 15) is 9.18 Å². The van der Waals surface area contributed by atoms with Crippen molar-refractivity contribution in [3.05, 3.63) is 70.6 Å². The summed E-state index contributed by atoms with van der Waals surface area (Å²) in [5, 5.41) is 4.12. The zero-order chi connectivity index (χ0) is 22.0. The number of rotatable bonds is 6. The molecule has 0 saturated heterocycles. The van der Waals surface area contributed by atoms with Crippen LogP contribution in [0.2, 0.25) is 5.02 Å². The SMILES string of the molecule is CCCC(C)N1CC=C(c2c[nH]c3ccc(NC(=O)c4cc(F)cc(Cl)c4)cc23)CC1. The Balaban J connectivity index is 1.55. The van der Waals surface area contributed by atoms with Crippen LogP contribution >= 0.6 is 11.6 Å². The molecule has 0 spiro atoms. The predicted octanol–water partition coefficient (Wildman–Crippen LogP) is 6.49. The first-order valence-electron chi connectivity index (χ1n) is 10.8. The second-order valence-electron chi connectivity index (χ2n) is 8.19. The lowest BCUT2D eigenvalue weighted by atomic mass is 9.97. The monoisotopic (exact) mass is 439 g/mol. The van der Waals surface area contributed by atoms with Crippen molar-refractivity contribution in [1.82, 2.24) is 9.88 Å². The van der Waals surface area contributed by atoms with E-state index in [0.29, 0.717) is 11.7 Å². The standard InChI is InChI=1S/C25H27ClFN3O/c1-3-4-16(2)30-9-7-17(8-10-30)23-15-28-24-6-5-21(14-22(23)24)29-25(31)18-11-19(26)13-20(27)12-18/h5-7,11-16,28H,3-4,8-10H2,1-2H3,(H,29,31). The molecule has 2 heterocycles. The number of carbonyl (C=O) groups is 1. The summed E-state index contributed by atoms with van der Waals surface area (Å²) in [7, 11) is 0. The number of nitrogens with zero attached hydrogens (tertiary/aromatic N) is 1. The maximum absolute atomic E-state index is 13.6. The van der Waals surface area contributed by atoms with Crippen molar-refractivity contribution in [2.24, 2.45) is 0 Å². The summed E-state index contributed by atoms with van der Waals surface area (Å²) in [5.41, 5.74) is 4.36. The lowest BCUT2D eigenvalue weighted by Crippen LogP contribution is -2.36. The number of carbonyl (C=O) groups excluding carboxylic acids is 1. The van der Waals surface area contributed by atoms with Crippen LogP contribution in [0.1, 0.15) is 49.0 Å². The molecule has 162 valence electrons. The van der Waals surface area contributed by atoms with Crippen molar-refractivity contribution in [3.63, 3.8) is 0 Å². The molecule has 1 atom stereocenters. The van der Waals surface area contributed by atoms with Gasteiger partial charge in [0.05, 0.1) is 0 Å². The number of nitrogens with one attached hydrogen (secondary N) is 2. The molecule has 0 aliphatic carbocycles. The molecule has 0 bridgehead atoms. The van der Waals surface area contributed by atoms with E-state index in [1.807, 2.05) is 24.4 Å². The largest absolute Gasteiger partial charge is 0.361 e. The van der Waals surface area contributed by atoms with Gasteiger partial charge in [-0.3, -0.25) is 9.69 Å². The minimum absolute atomic E-state index is 0.190. The van der Waals surface area contributed by atoms with E-state index in [0.717, 1.165) is 30.4 Å². The smallest absolute Gasteiger partial charge is 0.255 e. The molecule has 0 fully saturated rings. The highest BCUT2D eigenvalue weighted by molar-refractivity contribution is 6.31. The van der Waals surface area contributed by atoms with E-state index >= 15 is 0 Å². The second kappa shape index (κ2) is 9.25. The van der Waals surface area contributed by atoms with Gasteiger partial charge >= 0.3 is 0 Å². The van der Waals surface area contributed by atoms with Crippen molar-refractivity contribution < 1.29 is 9.18 Å². The molecule has 1 unspecified atom stereocenters. The molecule has 4 nitrogen and oxygen atoms in total. The van der Waals surface area contributed by atoms with E-state index in [1.54, 1.807) is 0 Å². The van der Waals surface area contributed by atoms with E-state index in [2.05, 4.69) is 35.1 Å². The van der Waals surface area contributed by atoms with Crippen molar-refractivity contribution in [2.45, 2.75) is 39.2 Å². The van der Waals surface area contributed by atoms with Gasteiger partial charge in [-0.2, -0.15) is 0 Å². The molecule has 0 radical (unpaired) electrons. The topological polar surface area (TPSA) is 48.1 Å². The van der Waals surface area contributed by atoms with Gasteiger partial charge in [0.25, 0.3) is 5.91 Å². The lowest BCUT2D eigenvalue weighted by Gasteiger charge is -2.31. The molecule has 2 aromatic carbocycles. The second-order valence-corrected chi connectivity index (χ2v) is 8.62. The Morgan fingerprint density at radius 1 is 1.29 bits per heavy atom. The number of fused-ring (bicyclic) bond motifs is 1. The summed E-state index contributed by atoms with van der Waals surface area (Å²) >= 11 is 5.88. The van der Waals surface area contributed by atoms with Gasteiger partial charge in [0, 0.05) is 58.1 Å². The third kappa shape index (κ3) is 4.83. The normalized spacial score (nSPS) is 15.7. The van der Waals surface area contributed by atoms with Crippen LogP contribution in [0.5, 0.6) is 0 Å². The van der Waals surface area contributed by atoms with Crippen LogP contribution in [0.15, 0.2) is 48.7 Å². The van der Waals surface area contributed by atoms with Crippen molar-refractivity contribution in [3.8, 4) is 0 Å². The van der Waals surface area contributed by atoms with Gasteiger partial charge in [0.15, 0.2) is 0 Å². The molecule has 0 saturated carbocycles. The number of hydrogen-bond donors (Lipinski definition) is 2. The first-order chi connectivity index (χ1) is 14.9. The van der Waals surface area contributed by atoms with Gasteiger partial charge in [-0.15, -0.1) is 0 Å². The number of hydrogen-bond acceptors (Lipinski definition) is 2. The lowest BCUT2D eigenvalue weighted by molar-refractivity contribution is 0.102. The van der Waals surface area contributed by atoms with Crippen LogP contribution in [0, 0.1) is 5.82 Å². The molecular weight excluding hydrogens is 413 g/mol.